The molecule has 182 valence electrons. The Morgan fingerprint density at radius 1 is 1.03 bits per heavy atom. The van der Waals surface area contributed by atoms with Crippen LogP contribution in [0.1, 0.15) is 38.9 Å². The van der Waals surface area contributed by atoms with Gasteiger partial charge < -0.3 is 18.8 Å². The van der Waals surface area contributed by atoms with Gasteiger partial charge in [0.15, 0.2) is 16.9 Å². The van der Waals surface area contributed by atoms with Crippen molar-refractivity contribution in [3.05, 3.63) is 118 Å². The van der Waals surface area contributed by atoms with E-state index in [1.165, 1.54) is 0 Å². The minimum atomic E-state index is -0.611. The molecule has 5 rings (SSSR count). The minimum Gasteiger partial charge on any atom is -0.493 e. The van der Waals surface area contributed by atoms with E-state index in [0.717, 1.165) is 16.7 Å². The second-order valence-corrected chi connectivity index (χ2v) is 8.82. The molecule has 6 nitrogen and oxygen atoms in total. The van der Waals surface area contributed by atoms with Crippen LogP contribution in [0.5, 0.6) is 11.5 Å². The van der Waals surface area contributed by atoms with Crippen molar-refractivity contribution >= 4 is 16.9 Å². The Morgan fingerprint density at radius 3 is 2.58 bits per heavy atom. The summed E-state index contributed by atoms with van der Waals surface area (Å²) in [5, 5.41) is 0.467. The van der Waals surface area contributed by atoms with Gasteiger partial charge in [-0.15, -0.1) is 0 Å². The first kappa shape index (κ1) is 23.4. The summed E-state index contributed by atoms with van der Waals surface area (Å²) in [4.78, 5) is 29.1. The summed E-state index contributed by atoms with van der Waals surface area (Å²) in [6.45, 7) is 6.36. The maximum atomic E-state index is 13.8. The van der Waals surface area contributed by atoms with E-state index in [4.69, 9.17) is 13.9 Å². The molecule has 1 atom stereocenters. The van der Waals surface area contributed by atoms with Crippen LogP contribution in [-0.4, -0.2) is 31.1 Å². The van der Waals surface area contributed by atoms with Crippen molar-refractivity contribution in [3.8, 4) is 11.5 Å². The Kier molecular flexibility index (Phi) is 6.34. The summed E-state index contributed by atoms with van der Waals surface area (Å²) >= 11 is 0. The lowest BCUT2D eigenvalue weighted by atomic mass is 9.97. The van der Waals surface area contributed by atoms with E-state index in [-0.39, 0.29) is 17.1 Å². The van der Waals surface area contributed by atoms with Crippen LogP contribution in [-0.2, 0) is 6.42 Å². The van der Waals surface area contributed by atoms with E-state index in [1.54, 1.807) is 30.2 Å². The number of carbonyl (C=O) groups excluding carboxylic acids is 1. The third kappa shape index (κ3) is 4.15. The lowest BCUT2D eigenvalue weighted by molar-refractivity contribution is 0.0730. The molecular weight excluding hydrogens is 454 g/mol. The van der Waals surface area contributed by atoms with Gasteiger partial charge in [-0.1, -0.05) is 60.7 Å². The van der Waals surface area contributed by atoms with E-state index in [0.29, 0.717) is 47.6 Å². The third-order valence-electron chi connectivity index (χ3n) is 6.47. The molecule has 4 aromatic rings. The fourth-order valence-corrected chi connectivity index (χ4v) is 4.73. The molecule has 0 saturated carbocycles. The van der Waals surface area contributed by atoms with Crippen molar-refractivity contribution in [1.29, 1.82) is 0 Å². The number of aryl methyl sites for hydroxylation is 1. The van der Waals surface area contributed by atoms with Crippen molar-refractivity contribution in [2.24, 2.45) is 0 Å². The van der Waals surface area contributed by atoms with Crippen molar-refractivity contribution in [3.63, 3.8) is 0 Å². The lowest BCUT2D eigenvalue weighted by Crippen LogP contribution is -2.31. The van der Waals surface area contributed by atoms with Crippen LogP contribution in [0.15, 0.2) is 88.6 Å². The maximum Gasteiger partial charge on any atom is 0.290 e. The molecule has 1 aliphatic heterocycles. The number of hydrogen-bond acceptors (Lipinski definition) is 5. The molecule has 36 heavy (non-hydrogen) atoms. The van der Waals surface area contributed by atoms with Crippen LogP contribution >= 0.6 is 0 Å². The number of carbonyl (C=O) groups is 1. The summed E-state index contributed by atoms with van der Waals surface area (Å²) in [6, 6.07) is 20.2. The smallest absolute Gasteiger partial charge is 0.290 e. The molecule has 2 heterocycles. The Morgan fingerprint density at radius 2 is 1.83 bits per heavy atom. The largest absolute Gasteiger partial charge is 0.493 e. The molecule has 0 fully saturated rings. The minimum absolute atomic E-state index is 0.0976. The van der Waals surface area contributed by atoms with Crippen molar-refractivity contribution in [2.75, 3.05) is 20.3 Å². The highest BCUT2D eigenvalue weighted by atomic mass is 16.5. The Balaban J connectivity index is 1.65. The number of ether oxygens (including phenoxy) is 2. The SMILES string of the molecule is C=CCOc1ccc(C2c3c(oc4ccc(C)cc4c3=O)C(=O)N2CCc2ccccc2)cc1OC. The molecule has 1 amide bonds. The second kappa shape index (κ2) is 9.74. The number of methoxy groups -OCH3 is 1. The summed E-state index contributed by atoms with van der Waals surface area (Å²) in [6.07, 6.45) is 2.30. The lowest BCUT2D eigenvalue weighted by Gasteiger charge is -2.26. The number of amides is 1. The molecule has 0 radical (unpaired) electrons. The fourth-order valence-electron chi connectivity index (χ4n) is 4.73. The topological polar surface area (TPSA) is 69.0 Å². The molecule has 1 aliphatic rings. The monoisotopic (exact) mass is 481 g/mol. The predicted molar refractivity (Wildman–Crippen MR) is 139 cm³/mol. The zero-order chi connectivity index (χ0) is 25.2. The van der Waals surface area contributed by atoms with E-state index < -0.39 is 6.04 Å². The summed E-state index contributed by atoms with van der Waals surface area (Å²) < 4.78 is 17.3. The van der Waals surface area contributed by atoms with Gasteiger partial charge in [0.05, 0.1) is 24.1 Å². The van der Waals surface area contributed by atoms with Crippen LogP contribution in [0.3, 0.4) is 0 Å². The molecule has 0 bridgehead atoms. The van der Waals surface area contributed by atoms with Crippen LogP contribution in [0.4, 0.5) is 0 Å². The average Bonchev–Trinajstić information content (AvgIpc) is 3.18. The molecule has 6 heteroatoms. The van der Waals surface area contributed by atoms with Gasteiger partial charge in [-0.05, 0) is 48.7 Å². The van der Waals surface area contributed by atoms with Crippen molar-refractivity contribution in [2.45, 2.75) is 19.4 Å². The first-order valence-electron chi connectivity index (χ1n) is 11.9. The molecule has 0 aliphatic carbocycles. The molecular formula is C30H27NO5. The van der Waals surface area contributed by atoms with Gasteiger partial charge >= 0.3 is 0 Å². The fraction of sp³-hybridized carbons (Fsp3) is 0.200. The van der Waals surface area contributed by atoms with Gasteiger partial charge in [0.2, 0.25) is 5.76 Å². The third-order valence-corrected chi connectivity index (χ3v) is 6.47. The molecule has 3 aromatic carbocycles. The standard InChI is InChI=1S/C30H27NO5/c1-4-16-35-24-13-11-21(18-25(24)34-3)27-26-28(32)22-17-19(2)10-12-23(22)36-29(26)30(33)31(27)15-14-20-8-6-5-7-9-20/h4-13,17-18,27H,1,14-16H2,2-3H3. The van der Waals surface area contributed by atoms with E-state index in [9.17, 15) is 9.59 Å². The first-order chi connectivity index (χ1) is 17.5. The van der Waals surface area contributed by atoms with Crippen LogP contribution in [0.25, 0.3) is 11.0 Å². The number of hydrogen-bond donors (Lipinski definition) is 0. The number of rotatable bonds is 8. The highest BCUT2D eigenvalue weighted by molar-refractivity contribution is 5.99. The zero-order valence-electron chi connectivity index (χ0n) is 20.3. The first-order valence-corrected chi connectivity index (χ1v) is 11.9. The molecule has 0 N–H and O–H groups in total. The van der Waals surface area contributed by atoms with E-state index in [1.807, 2.05) is 61.5 Å². The van der Waals surface area contributed by atoms with E-state index >= 15 is 0 Å². The second-order valence-electron chi connectivity index (χ2n) is 8.82. The van der Waals surface area contributed by atoms with Gasteiger partial charge in [-0.2, -0.15) is 0 Å². The molecule has 0 spiro atoms. The van der Waals surface area contributed by atoms with Crippen LogP contribution in [0.2, 0.25) is 0 Å². The summed E-state index contributed by atoms with van der Waals surface area (Å²) in [5.74, 6) is 0.874. The maximum absolute atomic E-state index is 13.8. The highest BCUT2D eigenvalue weighted by Gasteiger charge is 2.42. The Labute approximate surface area is 209 Å². The molecule has 0 saturated heterocycles. The van der Waals surface area contributed by atoms with Crippen LogP contribution in [0, 0.1) is 6.92 Å². The van der Waals surface area contributed by atoms with Crippen molar-refractivity contribution in [1.82, 2.24) is 4.90 Å². The predicted octanol–water partition coefficient (Wildman–Crippen LogP) is 5.46. The van der Waals surface area contributed by atoms with Gasteiger partial charge in [0, 0.05) is 6.54 Å². The quantitative estimate of drug-likeness (QED) is 0.313. The van der Waals surface area contributed by atoms with E-state index in [2.05, 4.69) is 6.58 Å². The Bertz CT molecular complexity index is 1510. The Hall–Kier alpha value is -4.32. The summed E-state index contributed by atoms with van der Waals surface area (Å²) in [5.41, 5.74) is 3.37. The highest BCUT2D eigenvalue weighted by Crippen LogP contribution is 2.41. The number of fused-ring (bicyclic) bond motifs is 2. The van der Waals surface area contributed by atoms with Gasteiger partial charge in [-0.3, -0.25) is 9.59 Å². The molecule has 1 aromatic heterocycles. The zero-order valence-corrected chi connectivity index (χ0v) is 20.3. The molecule has 1 unspecified atom stereocenters. The van der Waals surface area contributed by atoms with Gasteiger partial charge in [-0.25, -0.2) is 0 Å². The van der Waals surface area contributed by atoms with Crippen molar-refractivity contribution < 1.29 is 18.7 Å². The van der Waals surface area contributed by atoms with Gasteiger partial charge in [0.1, 0.15) is 12.2 Å². The normalized spacial score (nSPS) is 14.7. The summed E-state index contributed by atoms with van der Waals surface area (Å²) in [7, 11) is 1.56. The van der Waals surface area contributed by atoms with Gasteiger partial charge in [0.25, 0.3) is 5.91 Å². The van der Waals surface area contributed by atoms with Crippen LogP contribution < -0.4 is 14.9 Å². The number of benzene rings is 3. The number of nitrogens with zero attached hydrogens (tertiary/aromatic N) is 1. The average molecular weight is 482 g/mol.